The highest BCUT2D eigenvalue weighted by Crippen LogP contribution is 2.16. The maximum Gasteiger partial charge on any atom is 0.276 e. The standard InChI is InChI=1S/C8H7BrN4O/c9-5-1-2-6(11-4-5)8-12-7(3-10)13-14-8/h1-2,4H,3,10H2. The molecule has 2 heterocycles. The summed E-state index contributed by atoms with van der Waals surface area (Å²) in [6.45, 7) is 0.264. The van der Waals surface area contributed by atoms with Crippen LogP contribution in [0.15, 0.2) is 27.3 Å². The maximum atomic E-state index is 5.35. The van der Waals surface area contributed by atoms with Crippen molar-refractivity contribution >= 4 is 15.9 Å². The van der Waals surface area contributed by atoms with Crippen molar-refractivity contribution in [1.82, 2.24) is 15.1 Å². The summed E-state index contributed by atoms with van der Waals surface area (Å²) in [6.07, 6.45) is 1.67. The number of nitrogens with two attached hydrogens (primary N) is 1. The van der Waals surface area contributed by atoms with Gasteiger partial charge in [0.05, 0.1) is 6.54 Å². The fraction of sp³-hybridized carbons (Fsp3) is 0.125. The van der Waals surface area contributed by atoms with E-state index in [1.165, 1.54) is 0 Å². The molecule has 14 heavy (non-hydrogen) atoms. The van der Waals surface area contributed by atoms with Crippen LogP contribution in [0.1, 0.15) is 5.82 Å². The van der Waals surface area contributed by atoms with Crippen molar-refractivity contribution in [1.29, 1.82) is 0 Å². The normalized spacial score (nSPS) is 10.4. The molecule has 0 aliphatic heterocycles. The molecule has 0 saturated carbocycles. The number of hydrogen-bond donors (Lipinski definition) is 1. The molecule has 0 radical (unpaired) electrons. The van der Waals surface area contributed by atoms with E-state index in [-0.39, 0.29) is 6.54 Å². The largest absolute Gasteiger partial charge is 0.332 e. The van der Waals surface area contributed by atoms with Gasteiger partial charge in [-0.2, -0.15) is 4.98 Å². The molecule has 2 N–H and O–H groups in total. The zero-order valence-electron chi connectivity index (χ0n) is 7.14. The molecular formula is C8H7BrN4O. The number of rotatable bonds is 2. The van der Waals surface area contributed by atoms with Gasteiger partial charge in [-0.15, -0.1) is 0 Å². The second-order valence-electron chi connectivity index (χ2n) is 2.58. The summed E-state index contributed by atoms with van der Waals surface area (Å²) in [6, 6.07) is 3.65. The summed E-state index contributed by atoms with van der Waals surface area (Å²) >= 11 is 3.29. The third kappa shape index (κ3) is 1.80. The molecule has 72 valence electrons. The van der Waals surface area contributed by atoms with Gasteiger partial charge in [0.15, 0.2) is 5.82 Å². The van der Waals surface area contributed by atoms with Gasteiger partial charge < -0.3 is 10.3 Å². The van der Waals surface area contributed by atoms with Crippen molar-refractivity contribution in [2.75, 3.05) is 0 Å². The van der Waals surface area contributed by atoms with E-state index < -0.39 is 0 Å². The second kappa shape index (κ2) is 3.85. The van der Waals surface area contributed by atoms with E-state index in [0.717, 1.165) is 4.47 Å². The quantitative estimate of drug-likeness (QED) is 0.876. The number of pyridine rings is 1. The first-order chi connectivity index (χ1) is 6.79. The third-order valence-corrected chi connectivity index (χ3v) is 2.07. The Morgan fingerprint density at radius 2 is 2.29 bits per heavy atom. The van der Waals surface area contributed by atoms with Gasteiger partial charge in [-0.25, -0.2) is 4.98 Å². The number of halogens is 1. The molecule has 0 unspecified atom stereocenters. The SMILES string of the molecule is NCc1noc(-c2ccc(Br)cn2)n1. The molecule has 0 bridgehead atoms. The molecule has 0 aliphatic carbocycles. The Balaban J connectivity index is 2.34. The smallest absolute Gasteiger partial charge is 0.276 e. The third-order valence-electron chi connectivity index (χ3n) is 1.60. The van der Waals surface area contributed by atoms with Gasteiger partial charge in [0.2, 0.25) is 0 Å². The van der Waals surface area contributed by atoms with Gasteiger partial charge in [0.1, 0.15) is 5.69 Å². The number of hydrogen-bond acceptors (Lipinski definition) is 5. The Bertz CT molecular complexity index is 425. The topological polar surface area (TPSA) is 77.8 Å². The fourth-order valence-electron chi connectivity index (χ4n) is 0.943. The van der Waals surface area contributed by atoms with Gasteiger partial charge in [-0.05, 0) is 28.1 Å². The van der Waals surface area contributed by atoms with Crippen LogP contribution in [0.3, 0.4) is 0 Å². The lowest BCUT2D eigenvalue weighted by atomic mass is 10.3. The maximum absolute atomic E-state index is 5.35. The first kappa shape index (κ1) is 9.29. The van der Waals surface area contributed by atoms with E-state index in [4.69, 9.17) is 10.3 Å². The van der Waals surface area contributed by atoms with Crippen LogP contribution in [0.5, 0.6) is 0 Å². The summed E-state index contributed by atoms with van der Waals surface area (Å²) in [4.78, 5) is 8.16. The van der Waals surface area contributed by atoms with Crippen LogP contribution < -0.4 is 5.73 Å². The minimum atomic E-state index is 0.264. The molecule has 0 aliphatic rings. The monoisotopic (exact) mass is 254 g/mol. The van der Waals surface area contributed by atoms with Crippen molar-refractivity contribution in [3.8, 4) is 11.6 Å². The summed E-state index contributed by atoms with van der Waals surface area (Å²) in [5.41, 5.74) is 5.99. The molecule has 2 aromatic heterocycles. The molecule has 0 saturated heterocycles. The number of nitrogens with zero attached hydrogens (tertiary/aromatic N) is 3. The zero-order valence-corrected chi connectivity index (χ0v) is 8.73. The molecule has 0 aromatic carbocycles. The van der Waals surface area contributed by atoms with E-state index in [2.05, 4.69) is 31.1 Å². The lowest BCUT2D eigenvalue weighted by Gasteiger charge is -1.92. The van der Waals surface area contributed by atoms with Crippen LogP contribution in [0.4, 0.5) is 0 Å². The predicted molar refractivity (Wildman–Crippen MR) is 53.1 cm³/mol. The van der Waals surface area contributed by atoms with Crippen LogP contribution in [0.2, 0.25) is 0 Å². The van der Waals surface area contributed by atoms with Crippen LogP contribution >= 0.6 is 15.9 Å². The van der Waals surface area contributed by atoms with Crippen molar-refractivity contribution in [2.24, 2.45) is 5.73 Å². The summed E-state index contributed by atoms with van der Waals surface area (Å²) in [7, 11) is 0. The van der Waals surface area contributed by atoms with E-state index in [1.54, 1.807) is 12.3 Å². The second-order valence-corrected chi connectivity index (χ2v) is 3.50. The summed E-state index contributed by atoms with van der Waals surface area (Å²) in [5.74, 6) is 0.864. The lowest BCUT2D eigenvalue weighted by molar-refractivity contribution is 0.421. The van der Waals surface area contributed by atoms with Crippen molar-refractivity contribution in [3.63, 3.8) is 0 Å². The molecule has 6 heteroatoms. The Morgan fingerprint density at radius 3 is 2.86 bits per heavy atom. The van der Waals surface area contributed by atoms with Gasteiger partial charge in [0, 0.05) is 10.7 Å². The predicted octanol–water partition coefficient (Wildman–Crippen LogP) is 1.35. The minimum Gasteiger partial charge on any atom is -0.332 e. The van der Waals surface area contributed by atoms with Crippen molar-refractivity contribution < 1.29 is 4.52 Å². The average molecular weight is 255 g/mol. The molecule has 2 rings (SSSR count). The van der Waals surface area contributed by atoms with E-state index in [0.29, 0.717) is 17.4 Å². The van der Waals surface area contributed by atoms with Crippen LogP contribution in [0.25, 0.3) is 11.6 Å². The van der Waals surface area contributed by atoms with Gasteiger partial charge in [-0.1, -0.05) is 5.16 Å². The highest BCUT2D eigenvalue weighted by Gasteiger charge is 2.08. The van der Waals surface area contributed by atoms with E-state index in [1.807, 2.05) is 6.07 Å². The fourth-order valence-corrected chi connectivity index (χ4v) is 1.18. The van der Waals surface area contributed by atoms with Gasteiger partial charge in [0.25, 0.3) is 5.89 Å². The van der Waals surface area contributed by atoms with Crippen LogP contribution in [-0.2, 0) is 6.54 Å². The Labute approximate surface area is 88.5 Å². The molecule has 0 atom stereocenters. The molecule has 0 amide bonds. The summed E-state index contributed by atoms with van der Waals surface area (Å²) in [5, 5.41) is 3.67. The Kier molecular flexibility index (Phi) is 2.55. The highest BCUT2D eigenvalue weighted by atomic mass is 79.9. The highest BCUT2D eigenvalue weighted by molar-refractivity contribution is 9.10. The number of aromatic nitrogens is 3. The van der Waals surface area contributed by atoms with Crippen molar-refractivity contribution in [2.45, 2.75) is 6.54 Å². The van der Waals surface area contributed by atoms with Gasteiger partial charge >= 0.3 is 0 Å². The zero-order chi connectivity index (χ0) is 9.97. The molecular weight excluding hydrogens is 248 g/mol. The average Bonchev–Trinajstić information content (AvgIpc) is 2.67. The summed E-state index contributed by atoms with van der Waals surface area (Å²) < 4.78 is 5.87. The molecule has 0 spiro atoms. The van der Waals surface area contributed by atoms with Crippen LogP contribution in [0, 0.1) is 0 Å². The Hall–Kier alpha value is -1.27. The van der Waals surface area contributed by atoms with E-state index >= 15 is 0 Å². The lowest BCUT2D eigenvalue weighted by Crippen LogP contribution is -1.97. The Morgan fingerprint density at radius 1 is 1.43 bits per heavy atom. The molecule has 0 fully saturated rings. The minimum absolute atomic E-state index is 0.264. The molecule has 5 nitrogen and oxygen atoms in total. The van der Waals surface area contributed by atoms with Crippen molar-refractivity contribution in [3.05, 3.63) is 28.6 Å². The molecule has 2 aromatic rings. The van der Waals surface area contributed by atoms with E-state index in [9.17, 15) is 0 Å². The van der Waals surface area contributed by atoms with Crippen LogP contribution in [-0.4, -0.2) is 15.1 Å². The van der Waals surface area contributed by atoms with Gasteiger partial charge in [-0.3, -0.25) is 0 Å². The first-order valence-electron chi connectivity index (χ1n) is 3.94. The first-order valence-corrected chi connectivity index (χ1v) is 4.73.